The third-order valence-corrected chi connectivity index (χ3v) is 3.81. The maximum absolute atomic E-state index is 12.7. The van der Waals surface area contributed by atoms with E-state index in [2.05, 4.69) is 5.32 Å². The molecule has 2 rings (SSSR count). The summed E-state index contributed by atoms with van der Waals surface area (Å²) in [6.45, 7) is 0.382. The quantitative estimate of drug-likeness (QED) is 0.786. The molecule has 2 amide bonds. The first-order valence-electron chi connectivity index (χ1n) is 6.50. The van der Waals surface area contributed by atoms with Gasteiger partial charge in [0.2, 0.25) is 11.8 Å². The summed E-state index contributed by atoms with van der Waals surface area (Å²) >= 11 is 0. The predicted molar refractivity (Wildman–Crippen MR) is 61.1 cm³/mol. The minimum atomic E-state index is -4.24. The zero-order valence-corrected chi connectivity index (χ0v) is 10.5. The Balaban J connectivity index is 1.93. The van der Waals surface area contributed by atoms with Crippen molar-refractivity contribution in [2.24, 2.45) is 11.8 Å². The summed E-state index contributed by atoms with van der Waals surface area (Å²) in [4.78, 5) is 24.5. The summed E-state index contributed by atoms with van der Waals surface area (Å²) < 4.78 is 38.0. The Hall–Kier alpha value is -1.27. The van der Waals surface area contributed by atoms with Crippen molar-refractivity contribution in [2.75, 3.05) is 19.6 Å². The van der Waals surface area contributed by atoms with Crippen LogP contribution in [0.5, 0.6) is 0 Å². The molecule has 7 heteroatoms. The fourth-order valence-corrected chi connectivity index (χ4v) is 2.65. The van der Waals surface area contributed by atoms with Gasteiger partial charge in [-0.3, -0.25) is 9.59 Å². The van der Waals surface area contributed by atoms with Crippen LogP contribution in [0.4, 0.5) is 13.2 Å². The van der Waals surface area contributed by atoms with Gasteiger partial charge >= 0.3 is 6.18 Å². The lowest BCUT2D eigenvalue weighted by molar-refractivity contribution is -0.188. The largest absolute Gasteiger partial charge is 0.393 e. The van der Waals surface area contributed by atoms with Gasteiger partial charge in [-0.25, -0.2) is 0 Å². The molecule has 0 radical (unpaired) electrons. The third-order valence-electron chi connectivity index (χ3n) is 3.81. The van der Waals surface area contributed by atoms with E-state index in [1.54, 1.807) is 0 Å². The molecule has 2 saturated heterocycles. The maximum atomic E-state index is 12.7. The first kappa shape index (κ1) is 14.1. The zero-order chi connectivity index (χ0) is 14.0. The van der Waals surface area contributed by atoms with E-state index in [1.165, 1.54) is 4.90 Å². The van der Waals surface area contributed by atoms with Crippen molar-refractivity contribution in [1.29, 1.82) is 0 Å². The number of amides is 2. The smallest absolute Gasteiger partial charge is 0.355 e. The Morgan fingerprint density at radius 1 is 1.32 bits per heavy atom. The highest BCUT2D eigenvalue weighted by atomic mass is 19.4. The van der Waals surface area contributed by atoms with Gasteiger partial charge in [0.15, 0.2) is 0 Å². The summed E-state index contributed by atoms with van der Waals surface area (Å²) in [6, 6.07) is 0. The first-order chi connectivity index (χ1) is 8.88. The molecule has 0 spiro atoms. The van der Waals surface area contributed by atoms with Crippen LogP contribution in [0.25, 0.3) is 0 Å². The fourth-order valence-electron chi connectivity index (χ4n) is 2.65. The summed E-state index contributed by atoms with van der Waals surface area (Å²) in [5.74, 6) is -2.14. The molecular formula is C12H17F3N2O2. The van der Waals surface area contributed by atoms with Gasteiger partial charge in [-0.1, -0.05) is 0 Å². The van der Waals surface area contributed by atoms with Gasteiger partial charge in [-0.2, -0.15) is 13.2 Å². The number of piperidine rings is 2. The Morgan fingerprint density at radius 2 is 2.05 bits per heavy atom. The number of nitrogens with one attached hydrogen (secondary N) is 1. The van der Waals surface area contributed by atoms with E-state index in [1.807, 2.05) is 0 Å². The van der Waals surface area contributed by atoms with Crippen LogP contribution < -0.4 is 5.32 Å². The number of rotatable bonds is 1. The van der Waals surface area contributed by atoms with Crippen molar-refractivity contribution in [3.8, 4) is 0 Å². The van der Waals surface area contributed by atoms with E-state index >= 15 is 0 Å². The van der Waals surface area contributed by atoms with Crippen LogP contribution in [-0.4, -0.2) is 42.5 Å². The number of carbonyl (C=O) groups is 2. The van der Waals surface area contributed by atoms with Crippen LogP contribution in [0.2, 0.25) is 0 Å². The van der Waals surface area contributed by atoms with Crippen LogP contribution >= 0.6 is 0 Å². The van der Waals surface area contributed by atoms with Crippen molar-refractivity contribution in [3.05, 3.63) is 0 Å². The van der Waals surface area contributed by atoms with Gasteiger partial charge in [0.25, 0.3) is 0 Å². The molecule has 2 atom stereocenters. The average molecular weight is 278 g/mol. The number of alkyl halides is 3. The van der Waals surface area contributed by atoms with Crippen LogP contribution in [0, 0.1) is 11.8 Å². The molecule has 19 heavy (non-hydrogen) atoms. The molecule has 0 aromatic heterocycles. The van der Waals surface area contributed by atoms with Crippen LogP contribution in [0.3, 0.4) is 0 Å². The second-order valence-corrected chi connectivity index (χ2v) is 5.20. The average Bonchev–Trinajstić information content (AvgIpc) is 2.38. The van der Waals surface area contributed by atoms with Crippen LogP contribution in [0.1, 0.15) is 25.7 Å². The molecule has 2 heterocycles. The first-order valence-corrected chi connectivity index (χ1v) is 6.50. The third kappa shape index (κ3) is 3.39. The Bertz CT molecular complexity index is 360. The highest BCUT2D eigenvalue weighted by Crippen LogP contribution is 2.33. The molecule has 0 unspecified atom stereocenters. The van der Waals surface area contributed by atoms with E-state index in [9.17, 15) is 22.8 Å². The Morgan fingerprint density at radius 3 is 2.63 bits per heavy atom. The molecule has 4 nitrogen and oxygen atoms in total. The summed E-state index contributed by atoms with van der Waals surface area (Å²) in [5.41, 5.74) is 0. The van der Waals surface area contributed by atoms with E-state index in [4.69, 9.17) is 0 Å². The molecule has 0 aromatic rings. The summed E-state index contributed by atoms with van der Waals surface area (Å²) in [5, 5.41) is 2.58. The summed E-state index contributed by atoms with van der Waals surface area (Å²) in [7, 11) is 0. The lowest BCUT2D eigenvalue weighted by atomic mass is 9.93. The number of halogens is 3. The van der Waals surface area contributed by atoms with Gasteiger partial charge in [0, 0.05) is 26.1 Å². The molecule has 2 aliphatic heterocycles. The van der Waals surface area contributed by atoms with Gasteiger partial charge < -0.3 is 10.2 Å². The highest BCUT2D eigenvalue weighted by molar-refractivity contribution is 5.83. The number of carbonyl (C=O) groups excluding carboxylic acids is 2. The van der Waals surface area contributed by atoms with Crippen LogP contribution in [-0.2, 0) is 9.59 Å². The minimum Gasteiger partial charge on any atom is -0.355 e. The zero-order valence-electron chi connectivity index (χ0n) is 10.5. The molecule has 0 aromatic carbocycles. The topological polar surface area (TPSA) is 49.4 Å². The molecule has 1 N–H and O–H groups in total. The van der Waals surface area contributed by atoms with Gasteiger partial charge in [-0.05, 0) is 19.3 Å². The van der Waals surface area contributed by atoms with Crippen molar-refractivity contribution < 1.29 is 22.8 Å². The van der Waals surface area contributed by atoms with Crippen molar-refractivity contribution in [1.82, 2.24) is 10.2 Å². The summed E-state index contributed by atoms with van der Waals surface area (Å²) in [6.07, 6.45) is -3.06. The molecule has 108 valence electrons. The molecule has 0 aliphatic carbocycles. The van der Waals surface area contributed by atoms with Crippen LogP contribution in [0.15, 0.2) is 0 Å². The number of likely N-dealkylation sites (tertiary alicyclic amines) is 1. The molecule has 2 aliphatic rings. The van der Waals surface area contributed by atoms with Crippen molar-refractivity contribution in [3.63, 3.8) is 0 Å². The van der Waals surface area contributed by atoms with E-state index in [0.29, 0.717) is 19.4 Å². The number of hydrogen-bond acceptors (Lipinski definition) is 2. The minimum absolute atomic E-state index is 0.0919. The van der Waals surface area contributed by atoms with Crippen molar-refractivity contribution in [2.45, 2.75) is 31.9 Å². The Kier molecular flexibility index (Phi) is 4.01. The SMILES string of the molecule is O=C1CC[C@@H](C(=O)N2CCC[C@H](C(F)(F)F)C2)CN1. The molecule has 0 saturated carbocycles. The fraction of sp³-hybridized carbons (Fsp3) is 0.833. The monoisotopic (exact) mass is 278 g/mol. The van der Waals surface area contributed by atoms with Gasteiger partial charge in [0.1, 0.15) is 0 Å². The second kappa shape index (κ2) is 5.38. The van der Waals surface area contributed by atoms with E-state index in [0.717, 1.165) is 0 Å². The lowest BCUT2D eigenvalue weighted by Crippen LogP contribution is -2.50. The number of hydrogen-bond donors (Lipinski definition) is 1. The van der Waals surface area contributed by atoms with Crippen molar-refractivity contribution >= 4 is 11.8 Å². The highest BCUT2D eigenvalue weighted by Gasteiger charge is 2.43. The number of nitrogens with zero attached hydrogens (tertiary/aromatic N) is 1. The molecular weight excluding hydrogens is 261 g/mol. The van der Waals surface area contributed by atoms with Gasteiger partial charge in [0.05, 0.1) is 11.8 Å². The molecule has 2 fully saturated rings. The molecule has 0 bridgehead atoms. The van der Waals surface area contributed by atoms with E-state index < -0.39 is 12.1 Å². The van der Waals surface area contributed by atoms with Gasteiger partial charge in [-0.15, -0.1) is 0 Å². The predicted octanol–water partition coefficient (Wildman–Crippen LogP) is 1.31. The standard InChI is InChI=1S/C12H17F3N2O2/c13-12(14,15)9-2-1-5-17(7-9)11(19)8-3-4-10(18)16-6-8/h8-9H,1-7H2,(H,16,18)/t8-,9+/m1/s1. The second-order valence-electron chi connectivity index (χ2n) is 5.20. The maximum Gasteiger partial charge on any atom is 0.393 e. The normalized spacial score (nSPS) is 29.0. The Labute approximate surface area is 109 Å². The lowest BCUT2D eigenvalue weighted by Gasteiger charge is -2.36. The van der Waals surface area contributed by atoms with E-state index in [-0.39, 0.29) is 43.7 Å².